The molecule has 1 amide bonds. The van der Waals surface area contributed by atoms with Gasteiger partial charge in [-0.2, -0.15) is 5.26 Å². The summed E-state index contributed by atoms with van der Waals surface area (Å²) in [7, 11) is 0. The fraction of sp³-hybridized carbons (Fsp3) is 0.333. The highest BCUT2D eigenvalue weighted by atomic mass is 127. The molecule has 0 heterocycles. The molecule has 3 nitrogen and oxygen atoms in total. The molecular formula is C12H13IN2O. The third-order valence-electron chi connectivity index (χ3n) is 2.27. The van der Waals surface area contributed by atoms with E-state index in [4.69, 9.17) is 5.26 Å². The zero-order chi connectivity index (χ0) is 12.0. The molecule has 0 saturated heterocycles. The van der Waals surface area contributed by atoms with Crippen LogP contribution in [-0.2, 0) is 0 Å². The summed E-state index contributed by atoms with van der Waals surface area (Å²) in [4.78, 5) is 11.8. The summed E-state index contributed by atoms with van der Waals surface area (Å²) in [5.41, 5.74) is 0.636. The minimum Gasteiger partial charge on any atom is -0.348 e. The van der Waals surface area contributed by atoms with Crippen molar-refractivity contribution in [3.05, 3.63) is 33.4 Å². The largest absolute Gasteiger partial charge is 0.348 e. The lowest BCUT2D eigenvalue weighted by Gasteiger charge is -2.13. The number of benzene rings is 1. The van der Waals surface area contributed by atoms with E-state index >= 15 is 0 Å². The Morgan fingerprint density at radius 3 is 2.62 bits per heavy atom. The van der Waals surface area contributed by atoms with Crippen molar-refractivity contribution in [3.8, 4) is 6.07 Å². The van der Waals surface area contributed by atoms with E-state index in [0.717, 1.165) is 9.99 Å². The van der Waals surface area contributed by atoms with E-state index in [9.17, 15) is 4.79 Å². The molecule has 16 heavy (non-hydrogen) atoms. The molecular weight excluding hydrogens is 315 g/mol. The second kappa shape index (κ2) is 6.48. The Hall–Kier alpha value is -1.09. The minimum absolute atomic E-state index is 0.0585. The van der Waals surface area contributed by atoms with Gasteiger partial charge in [-0.05, 0) is 53.3 Å². The van der Waals surface area contributed by atoms with E-state index in [1.54, 1.807) is 12.1 Å². The maximum Gasteiger partial charge on any atom is 0.251 e. The van der Waals surface area contributed by atoms with E-state index in [1.807, 2.05) is 19.1 Å². The predicted octanol–water partition coefficient (Wildman–Crippen LogP) is 2.71. The van der Waals surface area contributed by atoms with Gasteiger partial charge in [-0.15, -0.1) is 0 Å². The molecule has 1 aromatic rings. The zero-order valence-electron chi connectivity index (χ0n) is 9.03. The highest BCUT2D eigenvalue weighted by molar-refractivity contribution is 14.1. The second-order valence-corrected chi connectivity index (χ2v) is 4.69. The monoisotopic (exact) mass is 328 g/mol. The molecule has 1 atom stereocenters. The summed E-state index contributed by atoms with van der Waals surface area (Å²) in [5.74, 6) is -0.112. The molecule has 0 radical (unpaired) electrons. The van der Waals surface area contributed by atoms with Crippen molar-refractivity contribution < 1.29 is 4.79 Å². The zero-order valence-corrected chi connectivity index (χ0v) is 11.2. The SMILES string of the molecule is CCC(CC#N)NC(=O)c1ccc(I)cc1. The summed E-state index contributed by atoms with van der Waals surface area (Å²) < 4.78 is 1.10. The summed E-state index contributed by atoms with van der Waals surface area (Å²) in [6.45, 7) is 1.95. The van der Waals surface area contributed by atoms with E-state index in [2.05, 4.69) is 34.0 Å². The van der Waals surface area contributed by atoms with Gasteiger partial charge in [0, 0.05) is 15.2 Å². The number of hydrogen-bond donors (Lipinski definition) is 1. The van der Waals surface area contributed by atoms with Gasteiger partial charge in [-0.3, -0.25) is 4.79 Å². The molecule has 0 spiro atoms. The summed E-state index contributed by atoms with van der Waals surface area (Å²) >= 11 is 2.19. The minimum atomic E-state index is -0.112. The first-order chi connectivity index (χ1) is 7.67. The van der Waals surface area contributed by atoms with Crippen molar-refractivity contribution in [2.24, 2.45) is 0 Å². The third kappa shape index (κ3) is 3.81. The topological polar surface area (TPSA) is 52.9 Å². The van der Waals surface area contributed by atoms with Crippen molar-refractivity contribution in [2.75, 3.05) is 0 Å². The molecule has 1 aromatic carbocycles. The van der Waals surface area contributed by atoms with Gasteiger partial charge in [0.15, 0.2) is 0 Å². The Labute approximate surface area is 109 Å². The van der Waals surface area contributed by atoms with E-state index in [0.29, 0.717) is 12.0 Å². The van der Waals surface area contributed by atoms with Crippen molar-refractivity contribution in [1.29, 1.82) is 5.26 Å². The first-order valence-electron chi connectivity index (χ1n) is 5.10. The fourth-order valence-corrected chi connectivity index (χ4v) is 1.64. The van der Waals surface area contributed by atoms with Crippen molar-refractivity contribution in [2.45, 2.75) is 25.8 Å². The molecule has 0 aromatic heterocycles. The van der Waals surface area contributed by atoms with Gasteiger partial charge in [0.2, 0.25) is 0 Å². The van der Waals surface area contributed by atoms with Gasteiger partial charge < -0.3 is 5.32 Å². The Balaban J connectivity index is 2.65. The van der Waals surface area contributed by atoms with Crippen LogP contribution in [0.15, 0.2) is 24.3 Å². The van der Waals surface area contributed by atoms with Gasteiger partial charge >= 0.3 is 0 Å². The summed E-state index contributed by atoms with van der Waals surface area (Å²) in [5, 5.41) is 11.4. The van der Waals surface area contributed by atoms with Crippen LogP contribution in [-0.4, -0.2) is 11.9 Å². The lowest BCUT2D eigenvalue weighted by atomic mass is 10.1. The molecule has 84 valence electrons. The number of halogens is 1. The Morgan fingerprint density at radius 1 is 1.50 bits per heavy atom. The van der Waals surface area contributed by atoms with Crippen LogP contribution in [0.3, 0.4) is 0 Å². The molecule has 1 rings (SSSR count). The molecule has 4 heteroatoms. The van der Waals surface area contributed by atoms with Gasteiger partial charge in [0.25, 0.3) is 5.91 Å². The maximum absolute atomic E-state index is 11.8. The maximum atomic E-state index is 11.8. The molecule has 0 saturated carbocycles. The predicted molar refractivity (Wildman–Crippen MR) is 70.9 cm³/mol. The molecule has 0 aliphatic rings. The van der Waals surface area contributed by atoms with Crippen LogP contribution in [0.25, 0.3) is 0 Å². The van der Waals surface area contributed by atoms with Crippen LogP contribution in [0.1, 0.15) is 30.1 Å². The first kappa shape index (κ1) is 13.0. The number of carbonyl (C=O) groups is 1. The molecule has 0 bridgehead atoms. The van der Waals surface area contributed by atoms with Crippen LogP contribution in [0, 0.1) is 14.9 Å². The number of carbonyl (C=O) groups excluding carboxylic acids is 1. The molecule has 0 fully saturated rings. The van der Waals surface area contributed by atoms with Crippen LogP contribution in [0.5, 0.6) is 0 Å². The van der Waals surface area contributed by atoms with Gasteiger partial charge in [-0.1, -0.05) is 6.92 Å². The summed E-state index contributed by atoms with van der Waals surface area (Å²) in [6.07, 6.45) is 1.12. The summed E-state index contributed by atoms with van der Waals surface area (Å²) in [6, 6.07) is 9.37. The number of hydrogen-bond acceptors (Lipinski definition) is 2. The molecule has 1 unspecified atom stereocenters. The van der Waals surface area contributed by atoms with E-state index < -0.39 is 0 Å². The number of rotatable bonds is 4. The van der Waals surface area contributed by atoms with Crippen molar-refractivity contribution in [3.63, 3.8) is 0 Å². The van der Waals surface area contributed by atoms with E-state index in [-0.39, 0.29) is 11.9 Å². The first-order valence-corrected chi connectivity index (χ1v) is 6.18. The smallest absolute Gasteiger partial charge is 0.251 e. The lowest BCUT2D eigenvalue weighted by Crippen LogP contribution is -2.34. The van der Waals surface area contributed by atoms with Gasteiger partial charge in [0.1, 0.15) is 0 Å². The lowest BCUT2D eigenvalue weighted by molar-refractivity contribution is 0.0936. The quantitative estimate of drug-likeness (QED) is 0.864. The second-order valence-electron chi connectivity index (χ2n) is 3.45. The Morgan fingerprint density at radius 2 is 2.12 bits per heavy atom. The van der Waals surface area contributed by atoms with Crippen LogP contribution < -0.4 is 5.32 Å². The normalized spacial score (nSPS) is 11.6. The average Bonchev–Trinajstić information content (AvgIpc) is 2.29. The standard InChI is InChI=1S/C12H13IN2O/c1-2-11(7-8-14)15-12(16)9-3-5-10(13)6-4-9/h3-6,11H,2,7H2,1H3,(H,15,16). The highest BCUT2D eigenvalue weighted by Gasteiger charge is 2.11. The Bertz CT molecular complexity index is 394. The van der Waals surface area contributed by atoms with Crippen molar-refractivity contribution in [1.82, 2.24) is 5.32 Å². The van der Waals surface area contributed by atoms with Crippen LogP contribution in [0.4, 0.5) is 0 Å². The number of nitrogens with zero attached hydrogens (tertiary/aromatic N) is 1. The Kier molecular flexibility index (Phi) is 5.26. The molecule has 0 aliphatic heterocycles. The highest BCUT2D eigenvalue weighted by Crippen LogP contribution is 2.07. The fourth-order valence-electron chi connectivity index (χ4n) is 1.28. The third-order valence-corrected chi connectivity index (χ3v) is 2.99. The molecule has 1 N–H and O–H groups in total. The number of amides is 1. The number of nitrogens with one attached hydrogen (secondary N) is 1. The van der Waals surface area contributed by atoms with Crippen LogP contribution in [0.2, 0.25) is 0 Å². The average molecular weight is 328 g/mol. The van der Waals surface area contributed by atoms with E-state index in [1.165, 1.54) is 0 Å². The van der Waals surface area contributed by atoms with Crippen molar-refractivity contribution >= 4 is 28.5 Å². The van der Waals surface area contributed by atoms with Crippen LogP contribution >= 0.6 is 22.6 Å². The molecule has 0 aliphatic carbocycles. The van der Waals surface area contributed by atoms with Gasteiger partial charge in [-0.25, -0.2) is 0 Å². The van der Waals surface area contributed by atoms with Gasteiger partial charge in [0.05, 0.1) is 12.5 Å². The number of nitriles is 1.